The lowest BCUT2D eigenvalue weighted by Gasteiger charge is -2.26. The van der Waals surface area contributed by atoms with E-state index in [0.717, 1.165) is 108 Å². The molecule has 0 saturated carbocycles. The van der Waals surface area contributed by atoms with Gasteiger partial charge < -0.3 is 33.9 Å². The number of rotatable bonds is 8. The molecule has 59 heavy (non-hydrogen) atoms. The van der Waals surface area contributed by atoms with Gasteiger partial charge in [0, 0.05) is 71.7 Å². The van der Waals surface area contributed by atoms with E-state index >= 15 is 0 Å². The van der Waals surface area contributed by atoms with E-state index in [9.17, 15) is 4.79 Å². The first kappa shape index (κ1) is 38.8. The molecule has 0 amide bonds. The van der Waals surface area contributed by atoms with Crippen LogP contribution in [0.5, 0.6) is 0 Å². The Balaban J connectivity index is 0.000000163. The topological polar surface area (TPSA) is 143 Å². The molecule has 0 unspecified atom stereocenters. The summed E-state index contributed by atoms with van der Waals surface area (Å²) in [6, 6.07) is 31.6. The van der Waals surface area contributed by atoms with E-state index in [1.54, 1.807) is 31.2 Å². The summed E-state index contributed by atoms with van der Waals surface area (Å²) in [4.78, 5) is 25.9. The van der Waals surface area contributed by atoms with E-state index in [4.69, 9.17) is 52.2 Å². The molecule has 13 heteroatoms. The van der Waals surface area contributed by atoms with Crippen LogP contribution in [-0.4, -0.2) is 57.8 Å². The number of oxazole rings is 2. The molecule has 10 rings (SSSR count). The van der Waals surface area contributed by atoms with Gasteiger partial charge in [-0.25, -0.2) is 15.0 Å². The van der Waals surface area contributed by atoms with Crippen molar-refractivity contribution >= 4 is 73.6 Å². The zero-order valence-electron chi connectivity index (χ0n) is 32.4. The largest absolute Gasteiger partial charge is 0.436 e. The number of ketones is 1. The second kappa shape index (κ2) is 16.9. The molecule has 0 bridgehead atoms. The minimum absolute atomic E-state index is 0.143. The number of fused-ring (bicyclic) bond motifs is 3. The highest BCUT2D eigenvalue weighted by molar-refractivity contribution is 6.31. The highest BCUT2D eigenvalue weighted by atomic mass is 35.5. The van der Waals surface area contributed by atoms with Gasteiger partial charge in [0.15, 0.2) is 11.2 Å². The van der Waals surface area contributed by atoms with E-state index in [2.05, 4.69) is 38.1 Å². The van der Waals surface area contributed by atoms with Gasteiger partial charge in [-0.2, -0.15) is 0 Å². The summed E-state index contributed by atoms with van der Waals surface area (Å²) in [7, 11) is 0. The molecule has 2 aliphatic rings. The molecule has 2 saturated heterocycles. The maximum absolute atomic E-state index is 11.7. The maximum Gasteiger partial charge on any atom is 0.227 e. The fourth-order valence-electron chi connectivity index (χ4n) is 7.79. The van der Waals surface area contributed by atoms with Gasteiger partial charge in [-0.05, 0) is 117 Å². The first-order valence-electron chi connectivity index (χ1n) is 19.8. The van der Waals surface area contributed by atoms with E-state index in [1.807, 2.05) is 54.6 Å². The van der Waals surface area contributed by atoms with Gasteiger partial charge in [0.1, 0.15) is 22.6 Å². The lowest BCUT2D eigenvalue weighted by molar-refractivity contribution is -0.116. The number of anilines is 2. The monoisotopic (exact) mass is 828 g/mol. The number of nitrogen functional groups attached to an aromatic ring is 1. The Hall–Kier alpha value is -5.72. The Labute approximate surface area is 350 Å². The zero-order valence-corrected chi connectivity index (χ0v) is 33.9. The Kier molecular flexibility index (Phi) is 11.1. The fraction of sp³-hybridized carbons (Fsp3) is 0.261. The van der Waals surface area contributed by atoms with E-state index in [1.165, 1.54) is 0 Å². The first-order valence-corrected chi connectivity index (χ1v) is 20.5. The third-order valence-electron chi connectivity index (χ3n) is 10.7. The van der Waals surface area contributed by atoms with Gasteiger partial charge in [-0.1, -0.05) is 41.4 Å². The number of nitrogens with zero attached hydrogens (tertiary/aromatic N) is 4. The number of carbonyl (C=O) groups excluding carboxylic acids is 1. The van der Waals surface area contributed by atoms with E-state index in [0.29, 0.717) is 51.1 Å². The van der Waals surface area contributed by atoms with Crippen molar-refractivity contribution in [1.29, 1.82) is 0 Å². The average molecular weight is 830 g/mol. The van der Waals surface area contributed by atoms with Gasteiger partial charge in [-0.3, -0.25) is 4.79 Å². The molecule has 5 aromatic carbocycles. The van der Waals surface area contributed by atoms with Crippen molar-refractivity contribution in [3.05, 3.63) is 113 Å². The minimum atomic E-state index is 0.143. The predicted octanol–water partition coefficient (Wildman–Crippen LogP) is 11.0. The van der Waals surface area contributed by atoms with Crippen molar-refractivity contribution in [2.45, 2.75) is 51.1 Å². The summed E-state index contributed by atoms with van der Waals surface area (Å²) in [5, 5.41) is 4.75. The number of ether oxygens (including phenoxy) is 2. The number of nitrogens with one attached hydrogen (secondary N) is 1. The molecule has 0 atom stereocenters. The molecule has 8 aromatic rings. The fourth-order valence-corrected chi connectivity index (χ4v) is 8.13. The van der Waals surface area contributed by atoms with Crippen LogP contribution in [0.4, 0.5) is 11.4 Å². The second-order valence-electron chi connectivity index (χ2n) is 15.0. The third kappa shape index (κ3) is 8.56. The molecule has 0 radical (unpaired) electrons. The van der Waals surface area contributed by atoms with Crippen molar-refractivity contribution in [3.8, 4) is 34.3 Å². The van der Waals surface area contributed by atoms with Crippen LogP contribution >= 0.6 is 23.2 Å². The number of aromatic nitrogens is 4. The molecule has 2 aliphatic heterocycles. The smallest absolute Gasteiger partial charge is 0.227 e. The number of hydrogen-bond donors (Lipinski definition) is 2. The third-order valence-corrected chi connectivity index (χ3v) is 11.2. The van der Waals surface area contributed by atoms with E-state index in [-0.39, 0.29) is 11.8 Å². The number of carbonyl (C=O) groups is 1. The lowest BCUT2D eigenvalue weighted by atomic mass is 10.0. The molecule has 300 valence electrons. The number of benzene rings is 5. The van der Waals surface area contributed by atoms with Crippen molar-refractivity contribution < 1.29 is 23.1 Å². The Morgan fingerprint density at radius 1 is 0.712 bits per heavy atom. The van der Waals surface area contributed by atoms with Crippen LogP contribution in [0.15, 0.2) is 106 Å². The van der Waals surface area contributed by atoms with Gasteiger partial charge in [0.25, 0.3) is 0 Å². The van der Waals surface area contributed by atoms with Crippen molar-refractivity contribution in [2.24, 2.45) is 0 Å². The van der Waals surface area contributed by atoms with Crippen LogP contribution in [-0.2, 0) is 20.7 Å². The second-order valence-corrected chi connectivity index (χ2v) is 15.9. The molecular weight excluding hydrogens is 787 g/mol. The van der Waals surface area contributed by atoms with Crippen LogP contribution in [0.25, 0.3) is 67.5 Å². The lowest BCUT2D eigenvalue weighted by Crippen LogP contribution is -2.28. The molecule has 11 nitrogen and oxygen atoms in total. The van der Waals surface area contributed by atoms with Crippen LogP contribution in [0.3, 0.4) is 0 Å². The molecule has 2 fully saturated rings. The molecule has 5 heterocycles. The Morgan fingerprint density at radius 3 is 1.98 bits per heavy atom. The number of nitrogens with two attached hydrogens (primary N) is 1. The van der Waals surface area contributed by atoms with Gasteiger partial charge in [0.05, 0.1) is 22.4 Å². The first-order chi connectivity index (χ1) is 28.7. The maximum atomic E-state index is 11.7. The summed E-state index contributed by atoms with van der Waals surface area (Å²) in [6.07, 6.45) is 4.26. The number of imidazole rings is 1. The van der Waals surface area contributed by atoms with Crippen LogP contribution < -0.4 is 11.1 Å². The zero-order chi connectivity index (χ0) is 40.5. The molecule has 3 N–H and O–H groups in total. The molecular formula is C46H42Cl2N6O5. The highest BCUT2D eigenvalue weighted by Crippen LogP contribution is 2.36. The Morgan fingerprint density at radius 2 is 1.34 bits per heavy atom. The summed E-state index contributed by atoms with van der Waals surface area (Å²) < 4.78 is 25.1. The number of hydrogen-bond acceptors (Lipinski definition) is 10. The average Bonchev–Trinajstić information content (AvgIpc) is 3.97. The minimum Gasteiger partial charge on any atom is -0.436 e. The quantitative estimate of drug-likeness (QED) is 0.142. The van der Waals surface area contributed by atoms with Crippen molar-refractivity contribution in [1.82, 2.24) is 19.5 Å². The summed E-state index contributed by atoms with van der Waals surface area (Å²) in [6.45, 7) is 4.67. The van der Waals surface area contributed by atoms with E-state index < -0.39 is 0 Å². The van der Waals surface area contributed by atoms with Crippen LogP contribution in [0.1, 0.15) is 44.2 Å². The molecule has 3 aromatic heterocycles. The SMILES string of the molecule is CC(=O)Cc1cccc(-c2nc3cc(-c4nc5cc(Cl)ccc5o4)ccc3n2C2CCOCC2)c1.Nc1cc(-c2nc3cc(Cl)ccc3o2)ccc1NC1CCOCC1. The summed E-state index contributed by atoms with van der Waals surface area (Å²) >= 11 is 12.1. The van der Waals surface area contributed by atoms with Gasteiger partial charge in [0.2, 0.25) is 11.8 Å². The Bertz CT molecular complexity index is 2800. The number of Topliss-reactive ketones (excluding diaryl/α,β-unsaturated/α-hetero) is 1. The predicted molar refractivity (Wildman–Crippen MR) is 233 cm³/mol. The highest BCUT2D eigenvalue weighted by Gasteiger charge is 2.24. The summed E-state index contributed by atoms with van der Waals surface area (Å²) in [5.41, 5.74) is 16.3. The standard InChI is InChI=1S/C28H24ClN3O3.C18H18ClN3O2/c1-17(33)13-18-3-2-4-19(14-18)27-30-23-15-20(28-31-24-16-21(29)6-8-26(24)35-28)5-7-25(23)32(27)22-9-11-34-12-10-22;19-12-2-4-17-16(10-12)22-18(24-17)11-1-3-15(14(20)9-11)21-13-5-7-23-8-6-13/h2-8,14-16,22H,9-13H2,1H3;1-4,9-10,13,21H,5-8,20H2. The van der Waals surface area contributed by atoms with Gasteiger partial charge in [-0.15, -0.1) is 0 Å². The van der Waals surface area contributed by atoms with Crippen LogP contribution in [0, 0.1) is 0 Å². The number of halogens is 2. The van der Waals surface area contributed by atoms with Crippen molar-refractivity contribution in [3.63, 3.8) is 0 Å². The van der Waals surface area contributed by atoms with Gasteiger partial charge >= 0.3 is 0 Å². The normalized spacial score (nSPS) is 15.1. The molecule has 0 aliphatic carbocycles. The van der Waals surface area contributed by atoms with Crippen LogP contribution in [0.2, 0.25) is 10.0 Å². The molecule has 0 spiro atoms. The summed E-state index contributed by atoms with van der Waals surface area (Å²) in [5.74, 6) is 2.12. The van der Waals surface area contributed by atoms with Crippen molar-refractivity contribution in [2.75, 3.05) is 37.5 Å².